The van der Waals surface area contributed by atoms with Crippen molar-refractivity contribution in [2.75, 3.05) is 0 Å². The van der Waals surface area contributed by atoms with Crippen LogP contribution in [0.1, 0.15) is 27.5 Å². The van der Waals surface area contributed by atoms with Gasteiger partial charge in [-0.3, -0.25) is 14.4 Å². The van der Waals surface area contributed by atoms with E-state index >= 15 is 0 Å². The molecule has 0 spiro atoms. The van der Waals surface area contributed by atoms with Gasteiger partial charge in [0.1, 0.15) is 0 Å². The van der Waals surface area contributed by atoms with Crippen LogP contribution in [-0.2, 0) is 9.59 Å². The van der Waals surface area contributed by atoms with Gasteiger partial charge in [0.25, 0.3) is 0 Å². The van der Waals surface area contributed by atoms with Crippen molar-refractivity contribution in [3.8, 4) is 0 Å². The lowest BCUT2D eigenvalue weighted by Crippen LogP contribution is -2.23. The number of nitrogens with one attached hydrogen (secondary N) is 1. The molecular formula is C18H11Cl2NO5. The molecule has 132 valence electrons. The zero-order valence-electron chi connectivity index (χ0n) is 13.0. The summed E-state index contributed by atoms with van der Waals surface area (Å²) >= 11 is 12.2. The molecule has 0 saturated carbocycles. The molecule has 0 fully saturated rings. The maximum Gasteiger partial charge on any atom is 0.322 e. The average Bonchev–Trinajstić information content (AvgIpc) is 2.97. The Bertz CT molecular complexity index is 1030. The second kappa shape index (κ2) is 6.82. The molecule has 0 aliphatic carbocycles. The highest BCUT2D eigenvalue weighted by Gasteiger charge is 2.36. The molecule has 0 aliphatic heterocycles. The second-order valence-corrected chi connectivity index (χ2v) is 6.29. The number of aromatic nitrogens is 1. The van der Waals surface area contributed by atoms with E-state index in [2.05, 4.69) is 4.98 Å². The SMILES string of the molecule is O=C(c1ccccc1)c1[nH]c2ccc(Cl)c(Cl)c2c1C(C(=O)O)C(=O)O. The number of hydrogen-bond donors (Lipinski definition) is 3. The van der Waals surface area contributed by atoms with E-state index in [9.17, 15) is 24.6 Å². The van der Waals surface area contributed by atoms with Gasteiger partial charge in [-0.05, 0) is 12.1 Å². The Hall–Kier alpha value is -2.83. The highest BCUT2D eigenvalue weighted by atomic mass is 35.5. The maximum absolute atomic E-state index is 12.9. The summed E-state index contributed by atoms with van der Waals surface area (Å²) in [4.78, 5) is 38.9. The summed E-state index contributed by atoms with van der Waals surface area (Å²) in [7, 11) is 0. The van der Waals surface area contributed by atoms with E-state index in [-0.39, 0.29) is 32.3 Å². The van der Waals surface area contributed by atoms with E-state index in [1.807, 2.05) is 0 Å². The molecule has 1 heterocycles. The Kier molecular flexibility index (Phi) is 4.71. The van der Waals surface area contributed by atoms with Crippen LogP contribution in [0, 0.1) is 0 Å². The summed E-state index contributed by atoms with van der Waals surface area (Å²) in [6.07, 6.45) is 0. The summed E-state index contributed by atoms with van der Waals surface area (Å²) < 4.78 is 0. The van der Waals surface area contributed by atoms with Crippen LogP contribution in [0.5, 0.6) is 0 Å². The molecule has 26 heavy (non-hydrogen) atoms. The molecule has 0 aliphatic rings. The fourth-order valence-corrected chi connectivity index (χ4v) is 3.22. The van der Waals surface area contributed by atoms with Gasteiger partial charge in [0.05, 0.1) is 15.7 Å². The highest BCUT2D eigenvalue weighted by molar-refractivity contribution is 6.45. The van der Waals surface area contributed by atoms with Gasteiger partial charge in [-0.15, -0.1) is 0 Å². The monoisotopic (exact) mass is 391 g/mol. The summed E-state index contributed by atoms with van der Waals surface area (Å²) in [5, 5.41) is 19.1. The third-order valence-corrected chi connectivity index (χ3v) is 4.74. The lowest BCUT2D eigenvalue weighted by Gasteiger charge is -2.10. The van der Waals surface area contributed by atoms with Crippen LogP contribution in [0.2, 0.25) is 10.0 Å². The topological polar surface area (TPSA) is 107 Å². The Labute approximate surface area is 157 Å². The molecule has 0 unspecified atom stereocenters. The summed E-state index contributed by atoms with van der Waals surface area (Å²) in [5.41, 5.74) is 0.227. The number of carbonyl (C=O) groups is 3. The Morgan fingerprint density at radius 3 is 2.12 bits per heavy atom. The zero-order valence-corrected chi connectivity index (χ0v) is 14.5. The molecule has 6 nitrogen and oxygen atoms in total. The number of aliphatic carboxylic acids is 2. The van der Waals surface area contributed by atoms with Crippen molar-refractivity contribution in [2.45, 2.75) is 5.92 Å². The van der Waals surface area contributed by atoms with Gasteiger partial charge in [-0.1, -0.05) is 53.5 Å². The molecule has 3 N–H and O–H groups in total. The van der Waals surface area contributed by atoms with E-state index in [0.717, 1.165) is 0 Å². The number of halogens is 2. The number of carbonyl (C=O) groups excluding carboxylic acids is 1. The molecule has 0 amide bonds. The van der Waals surface area contributed by atoms with Gasteiger partial charge in [0.15, 0.2) is 5.92 Å². The van der Waals surface area contributed by atoms with E-state index < -0.39 is 23.6 Å². The number of benzene rings is 2. The predicted octanol–water partition coefficient (Wildman–Crippen LogP) is 3.96. The van der Waals surface area contributed by atoms with Gasteiger partial charge in [0.2, 0.25) is 5.78 Å². The first-order valence-electron chi connectivity index (χ1n) is 7.37. The molecule has 1 aromatic heterocycles. The number of ketones is 1. The normalized spacial score (nSPS) is 11.0. The summed E-state index contributed by atoms with van der Waals surface area (Å²) in [6, 6.07) is 11.1. The summed E-state index contributed by atoms with van der Waals surface area (Å²) in [5.74, 6) is -5.76. The number of fused-ring (bicyclic) bond motifs is 1. The third kappa shape index (κ3) is 2.94. The quantitative estimate of drug-likeness (QED) is 0.450. The van der Waals surface area contributed by atoms with Crippen LogP contribution in [0.25, 0.3) is 10.9 Å². The zero-order chi connectivity index (χ0) is 19.0. The number of hydrogen-bond acceptors (Lipinski definition) is 3. The first kappa shape index (κ1) is 18.0. The molecule has 3 aromatic rings. The van der Waals surface area contributed by atoms with Gasteiger partial charge in [0, 0.05) is 22.0 Å². The lowest BCUT2D eigenvalue weighted by molar-refractivity contribution is -0.149. The number of carboxylic acid groups (broad SMARTS) is 2. The van der Waals surface area contributed by atoms with Crippen molar-refractivity contribution in [3.63, 3.8) is 0 Å². The van der Waals surface area contributed by atoms with Crippen LogP contribution in [0.15, 0.2) is 42.5 Å². The van der Waals surface area contributed by atoms with E-state index in [1.165, 1.54) is 12.1 Å². The van der Waals surface area contributed by atoms with Crippen molar-refractivity contribution >= 4 is 51.8 Å². The van der Waals surface area contributed by atoms with Gasteiger partial charge >= 0.3 is 11.9 Å². The molecule has 3 rings (SSSR count). The Morgan fingerprint density at radius 2 is 1.54 bits per heavy atom. The van der Waals surface area contributed by atoms with E-state index in [4.69, 9.17) is 23.2 Å². The standard InChI is InChI=1S/C18H11Cl2NO5/c19-9-6-7-10-11(14(9)20)12(13(17(23)24)18(25)26)15(21-10)16(22)8-4-2-1-3-5-8/h1-7,13,21H,(H,23,24)(H,25,26). The lowest BCUT2D eigenvalue weighted by atomic mass is 9.93. The first-order chi connectivity index (χ1) is 12.3. The highest BCUT2D eigenvalue weighted by Crippen LogP contribution is 2.39. The van der Waals surface area contributed by atoms with Crippen molar-refractivity contribution in [3.05, 3.63) is 69.3 Å². The molecule has 8 heteroatoms. The fraction of sp³-hybridized carbons (Fsp3) is 0.0556. The smallest absolute Gasteiger partial charge is 0.322 e. The average molecular weight is 392 g/mol. The number of rotatable bonds is 5. The minimum absolute atomic E-state index is 0.0185. The van der Waals surface area contributed by atoms with Crippen molar-refractivity contribution in [1.82, 2.24) is 4.98 Å². The largest absolute Gasteiger partial charge is 0.480 e. The van der Waals surface area contributed by atoms with Gasteiger partial charge in [-0.2, -0.15) is 0 Å². The Balaban J connectivity index is 2.38. The molecule has 2 aromatic carbocycles. The Morgan fingerprint density at radius 1 is 0.923 bits per heavy atom. The minimum Gasteiger partial charge on any atom is -0.480 e. The van der Waals surface area contributed by atoms with Crippen LogP contribution < -0.4 is 0 Å². The second-order valence-electron chi connectivity index (χ2n) is 5.50. The molecular weight excluding hydrogens is 381 g/mol. The number of H-pyrrole nitrogens is 1. The van der Waals surface area contributed by atoms with Crippen LogP contribution in [-0.4, -0.2) is 32.9 Å². The molecule has 0 radical (unpaired) electrons. The maximum atomic E-state index is 12.9. The molecule has 0 bridgehead atoms. The van der Waals surface area contributed by atoms with Crippen LogP contribution in [0.4, 0.5) is 0 Å². The van der Waals surface area contributed by atoms with Crippen molar-refractivity contribution in [2.24, 2.45) is 0 Å². The predicted molar refractivity (Wildman–Crippen MR) is 96.2 cm³/mol. The van der Waals surface area contributed by atoms with Crippen molar-refractivity contribution < 1.29 is 24.6 Å². The van der Waals surface area contributed by atoms with Crippen molar-refractivity contribution in [1.29, 1.82) is 0 Å². The number of carboxylic acids is 2. The fourth-order valence-electron chi connectivity index (χ4n) is 2.80. The molecule has 0 atom stereocenters. The first-order valence-corrected chi connectivity index (χ1v) is 8.13. The van der Waals surface area contributed by atoms with Crippen LogP contribution in [0.3, 0.4) is 0 Å². The minimum atomic E-state index is -1.98. The number of aromatic amines is 1. The summed E-state index contributed by atoms with van der Waals surface area (Å²) in [6.45, 7) is 0. The van der Waals surface area contributed by atoms with E-state index in [0.29, 0.717) is 5.52 Å². The molecule has 0 saturated heterocycles. The van der Waals surface area contributed by atoms with Crippen LogP contribution >= 0.6 is 23.2 Å². The van der Waals surface area contributed by atoms with E-state index in [1.54, 1.807) is 30.3 Å². The van der Waals surface area contributed by atoms with Gasteiger partial charge < -0.3 is 15.2 Å². The van der Waals surface area contributed by atoms with Gasteiger partial charge in [-0.25, -0.2) is 0 Å². The third-order valence-electron chi connectivity index (χ3n) is 3.94.